The van der Waals surface area contributed by atoms with Crippen molar-refractivity contribution in [1.82, 2.24) is 15.3 Å². The summed E-state index contributed by atoms with van der Waals surface area (Å²) >= 11 is 6.02. The minimum atomic E-state index is -4.67. The quantitative estimate of drug-likeness (QED) is 0.492. The summed E-state index contributed by atoms with van der Waals surface area (Å²) in [6.45, 7) is 0. The van der Waals surface area contributed by atoms with Crippen molar-refractivity contribution in [3.63, 3.8) is 0 Å². The number of rotatable bonds is 4. The number of hydrogen-bond acceptors (Lipinski definition) is 4. The van der Waals surface area contributed by atoms with E-state index in [1.807, 2.05) is 0 Å². The first-order valence-electron chi connectivity index (χ1n) is 10.1. The second-order valence-electron chi connectivity index (χ2n) is 7.73. The van der Waals surface area contributed by atoms with E-state index in [0.29, 0.717) is 41.7 Å². The van der Waals surface area contributed by atoms with Crippen LogP contribution in [0.5, 0.6) is 0 Å². The minimum absolute atomic E-state index is 0.0760. The third-order valence-electron chi connectivity index (χ3n) is 5.42. The van der Waals surface area contributed by atoms with E-state index in [9.17, 15) is 22.4 Å². The van der Waals surface area contributed by atoms with Crippen molar-refractivity contribution in [1.29, 1.82) is 0 Å². The molecule has 1 saturated carbocycles. The third kappa shape index (κ3) is 5.09. The number of alkyl halides is 3. The molecule has 32 heavy (non-hydrogen) atoms. The van der Waals surface area contributed by atoms with Gasteiger partial charge in [0.1, 0.15) is 11.6 Å². The van der Waals surface area contributed by atoms with E-state index < -0.39 is 17.8 Å². The predicted octanol–water partition coefficient (Wildman–Crippen LogP) is 5.59. The largest absolute Gasteiger partial charge is 0.451 e. The summed E-state index contributed by atoms with van der Waals surface area (Å²) in [5.41, 5.74) is 0.523. The molecule has 1 fully saturated rings. The van der Waals surface area contributed by atoms with Crippen LogP contribution in [-0.4, -0.2) is 28.0 Å². The van der Waals surface area contributed by atoms with Crippen LogP contribution in [0.2, 0.25) is 5.02 Å². The summed E-state index contributed by atoms with van der Waals surface area (Å²) < 4.78 is 52.8. The van der Waals surface area contributed by atoms with Crippen molar-refractivity contribution in [2.24, 2.45) is 0 Å². The Labute approximate surface area is 186 Å². The molecule has 0 atom stereocenters. The number of carbonyl (C=O) groups is 1. The highest BCUT2D eigenvalue weighted by molar-refractivity contribution is 6.31. The fourth-order valence-corrected chi connectivity index (χ4v) is 3.95. The third-order valence-corrected chi connectivity index (χ3v) is 5.66. The highest BCUT2D eigenvalue weighted by atomic mass is 35.5. The van der Waals surface area contributed by atoms with Crippen molar-refractivity contribution >= 4 is 34.2 Å². The molecule has 2 N–H and O–H groups in total. The van der Waals surface area contributed by atoms with Crippen LogP contribution in [0, 0.1) is 5.82 Å². The van der Waals surface area contributed by atoms with Gasteiger partial charge >= 0.3 is 6.18 Å². The lowest BCUT2D eigenvalue weighted by molar-refractivity contribution is -0.144. The standard InChI is InChI=1S/C22H19ClF4N4O/c23-13-3-10-18-17(11-13)19(31-21(30-18)22(25,26)27)28-15-6-8-16(9-7-15)29-20(32)12-1-4-14(24)5-2-12/h1-5,10-11,15-16H,6-9H2,(H,29,32)(H,28,30,31)/t15-,16+. The molecule has 0 aliphatic heterocycles. The fourth-order valence-electron chi connectivity index (χ4n) is 3.78. The van der Waals surface area contributed by atoms with Gasteiger partial charge in [-0.25, -0.2) is 14.4 Å². The second kappa shape index (κ2) is 8.90. The topological polar surface area (TPSA) is 66.9 Å². The molecule has 0 unspecified atom stereocenters. The van der Waals surface area contributed by atoms with Crippen molar-refractivity contribution in [2.75, 3.05) is 5.32 Å². The molecule has 0 saturated heterocycles. The molecule has 0 spiro atoms. The van der Waals surface area contributed by atoms with Crippen molar-refractivity contribution < 1.29 is 22.4 Å². The average molecular weight is 467 g/mol. The van der Waals surface area contributed by atoms with E-state index in [1.54, 1.807) is 0 Å². The zero-order chi connectivity index (χ0) is 22.9. The van der Waals surface area contributed by atoms with Gasteiger partial charge in [0.05, 0.1) is 5.52 Å². The highest BCUT2D eigenvalue weighted by Gasteiger charge is 2.36. The lowest BCUT2D eigenvalue weighted by atomic mass is 9.91. The number of carbonyl (C=O) groups excluding carboxylic acids is 1. The first-order chi connectivity index (χ1) is 15.2. The molecule has 5 nitrogen and oxygen atoms in total. The van der Waals surface area contributed by atoms with Crippen LogP contribution in [0.4, 0.5) is 23.4 Å². The number of benzene rings is 2. The molecule has 1 aromatic heterocycles. The maximum atomic E-state index is 13.2. The zero-order valence-corrected chi connectivity index (χ0v) is 17.5. The number of amides is 1. The van der Waals surface area contributed by atoms with E-state index >= 15 is 0 Å². The Kier molecular flexibility index (Phi) is 6.19. The molecular weight excluding hydrogens is 448 g/mol. The van der Waals surface area contributed by atoms with Gasteiger partial charge in [0.25, 0.3) is 5.91 Å². The summed E-state index contributed by atoms with van der Waals surface area (Å²) in [4.78, 5) is 19.7. The average Bonchev–Trinajstić information content (AvgIpc) is 2.75. The second-order valence-corrected chi connectivity index (χ2v) is 8.16. The van der Waals surface area contributed by atoms with Crippen LogP contribution >= 0.6 is 11.6 Å². The maximum absolute atomic E-state index is 13.2. The molecule has 4 rings (SSSR count). The van der Waals surface area contributed by atoms with Crippen molar-refractivity contribution in [3.05, 3.63) is 64.7 Å². The Bertz CT molecular complexity index is 1130. The van der Waals surface area contributed by atoms with Crippen LogP contribution in [0.25, 0.3) is 10.9 Å². The maximum Gasteiger partial charge on any atom is 0.451 e. The molecule has 168 valence electrons. The van der Waals surface area contributed by atoms with Gasteiger partial charge in [0.15, 0.2) is 0 Å². The van der Waals surface area contributed by atoms with Crippen LogP contribution in [0.1, 0.15) is 41.9 Å². The lowest BCUT2D eigenvalue weighted by Gasteiger charge is -2.30. The minimum Gasteiger partial charge on any atom is -0.367 e. The van der Waals surface area contributed by atoms with Gasteiger partial charge in [0.2, 0.25) is 5.82 Å². The first kappa shape index (κ1) is 22.3. The Morgan fingerprint density at radius 1 is 0.969 bits per heavy atom. The molecule has 0 bridgehead atoms. The van der Waals surface area contributed by atoms with Gasteiger partial charge in [0, 0.05) is 28.1 Å². The molecule has 3 aromatic rings. The summed E-state index contributed by atoms with van der Waals surface area (Å²) in [5.74, 6) is -1.83. The molecule has 1 amide bonds. The summed E-state index contributed by atoms with van der Waals surface area (Å²) in [6, 6.07) is 9.54. The van der Waals surface area contributed by atoms with E-state index in [1.165, 1.54) is 42.5 Å². The smallest absolute Gasteiger partial charge is 0.367 e. The highest BCUT2D eigenvalue weighted by Crippen LogP contribution is 2.32. The van der Waals surface area contributed by atoms with E-state index in [-0.39, 0.29) is 29.3 Å². The van der Waals surface area contributed by atoms with Gasteiger partial charge in [-0.2, -0.15) is 13.2 Å². The number of halogens is 5. The number of fused-ring (bicyclic) bond motifs is 1. The normalized spacial score (nSPS) is 19.0. The molecule has 10 heteroatoms. The van der Waals surface area contributed by atoms with Gasteiger partial charge in [-0.3, -0.25) is 4.79 Å². The number of hydrogen-bond donors (Lipinski definition) is 2. The van der Waals surface area contributed by atoms with Crippen LogP contribution in [-0.2, 0) is 6.18 Å². The molecule has 2 aromatic carbocycles. The van der Waals surface area contributed by atoms with E-state index in [2.05, 4.69) is 20.6 Å². The number of nitrogens with zero attached hydrogens (tertiary/aromatic N) is 2. The summed E-state index contributed by atoms with van der Waals surface area (Å²) in [5, 5.41) is 6.82. The Morgan fingerprint density at radius 3 is 2.28 bits per heavy atom. The first-order valence-corrected chi connectivity index (χ1v) is 10.4. The van der Waals surface area contributed by atoms with Crippen LogP contribution in [0.15, 0.2) is 42.5 Å². The molecular formula is C22H19ClF4N4O. The number of nitrogens with one attached hydrogen (secondary N) is 2. The van der Waals surface area contributed by atoms with Crippen molar-refractivity contribution in [3.8, 4) is 0 Å². The number of aromatic nitrogens is 2. The molecule has 1 aliphatic carbocycles. The summed E-state index contributed by atoms with van der Waals surface area (Å²) in [6.07, 6.45) is -2.14. The fraction of sp³-hybridized carbons (Fsp3) is 0.318. The summed E-state index contributed by atoms with van der Waals surface area (Å²) in [7, 11) is 0. The Morgan fingerprint density at radius 2 is 1.62 bits per heavy atom. The predicted molar refractivity (Wildman–Crippen MR) is 113 cm³/mol. The van der Waals surface area contributed by atoms with Gasteiger partial charge in [-0.1, -0.05) is 11.6 Å². The number of anilines is 1. The monoisotopic (exact) mass is 466 g/mol. The lowest BCUT2D eigenvalue weighted by Crippen LogP contribution is -2.40. The van der Waals surface area contributed by atoms with Crippen LogP contribution < -0.4 is 10.6 Å². The van der Waals surface area contributed by atoms with Crippen molar-refractivity contribution in [2.45, 2.75) is 43.9 Å². The van der Waals surface area contributed by atoms with E-state index in [4.69, 9.17) is 11.6 Å². The Balaban J connectivity index is 1.44. The molecule has 0 radical (unpaired) electrons. The Hall–Kier alpha value is -2.94. The van der Waals surface area contributed by atoms with Gasteiger partial charge < -0.3 is 10.6 Å². The van der Waals surface area contributed by atoms with Gasteiger partial charge in [-0.05, 0) is 68.1 Å². The molecule has 1 heterocycles. The SMILES string of the molecule is O=C(N[C@H]1CC[C@@H](Nc2nc(C(F)(F)F)nc3ccc(Cl)cc23)CC1)c1ccc(F)cc1. The zero-order valence-electron chi connectivity index (χ0n) is 16.7. The van der Waals surface area contributed by atoms with Gasteiger partial charge in [-0.15, -0.1) is 0 Å². The van der Waals surface area contributed by atoms with E-state index in [0.717, 1.165) is 0 Å². The van der Waals surface area contributed by atoms with Crippen LogP contribution in [0.3, 0.4) is 0 Å². The molecule has 1 aliphatic rings.